The number of halogens is 3. The number of rotatable bonds is 6. The summed E-state index contributed by atoms with van der Waals surface area (Å²) in [6.45, 7) is 7.01. The first-order valence-electron chi connectivity index (χ1n) is 10.2. The second-order valence-corrected chi connectivity index (χ2v) is 7.84. The number of benzene rings is 1. The third-order valence-electron chi connectivity index (χ3n) is 5.26. The second kappa shape index (κ2) is 8.38. The van der Waals surface area contributed by atoms with E-state index in [1.54, 1.807) is 27.9 Å². The van der Waals surface area contributed by atoms with Gasteiger partial charge in [-0.2, -0.15) is 27.8 Å². The minimum Gasteiger partial charge on any atom is -0.497 e. The van der Waals surface area contributed by atoms with Gasteiger partial charge in [0.1, 0.15) is 17.6 Å². The van der Waals surface area contributed by atoms with Gasteiger partial charge in [0.05, 0.1) is 19.2 Å². The fourth-order valence-electron chi connectivity index (χ4n) is 3.73. The minimum absolute atomic E-state index is 0.101. The summed E-state index contributed by atoms with van der Waals surface area (Å²) in [6.07, 6.45) is -5.08. The van der Waals surface area contributed by atoms with Crippen LogP contribution in [0.4, 0.5) is 19.0 Å². The highest BCUT2D eigenvalue weighted by molar-refractivity contribution is 5.83. The number of ether oxygens (including phenoxy) is 1. The lowest BCUT2D eigenvalue weighted by molar-refractivity contribution is -0.143. The highest BCUT2D eigenvalue weighted by Crippen LogP contribution is 2.34. The molecule has 0 amide bonds. The van der Waals surface area contributed by atoms with Crippen LogP contribution in [0.1, 0.15) is 28.7 Å². The molecule has 33 heavy (non-hydrogen) atoms. The van der Waals surface area contributed by atoms with Gasteiger partial charge in [-0.1, -0.05) is 11.2 Å². The van der Waals surface area contributed by atoms with Crippen LogP contribution in [0.2, 0.25) is 0 Å². The van der Waals surface area contributed by atoms with E-state index in [2.05, 4.69) is 25.5 Å². The van der Waals surface area contributed by atoms with Gasteiger partial charge in [0.25, 0.3) is 0 Å². The normalized spacial score (nSPS) is 12.8. The molecule has 174 valence electrons. The molecule has 1 N–H and O–H groups in total. The van der Waals surface area contributed by atoms with Crippen LogP contribution in [0.15, 0.2) is 28.8 Å². The van der Waals surface area contributed by atoms with Crippen LogP contribution in [-0.4, -0.2) is 44.1 Å². The number of aromatic nitrogens is 5. The zero-order chi connectivity index (χ0) is 23.9. The molecule has 0 radical (unpaired) electrons. The number of hydrogen-bond acceptors (Lipinski definition) is 7. The Morgan fingerprint density at radius 1 is 1.12 bits per heavy atom. The monoisotopic (exact) mass is 460 g/mol. The molecule has 3 aromatic heterocycles. The number of methoxy groups -OCH3 is 1. The number of fused-ring (bicyclic) bond motifs is 1. The Bertz CT molecular complexity index is 1310. The first-order valence-corrected chi connectivity index (χ1v) is 10.2. The average molecular weight is 460 g/mol. The van der Waals surface area contributed by atoms with Crippen molar-refractivity contribution < 1.29 is 22.4 Å². The van der Waals surface area contributed by atoms with Crippen LogP contribution in [-0.2, 0) is 6.42 Å². The number of alkyl halides is 3. The van der Waals surface area contributed by atoms with E-state index in [4.69, 9.17) is 9.26 Å². The van der Waals surface area contributed by atoms with Gasteiger partial charge in [0.15, 0.2) is 11.5 Å². The third kappa shape index (κ3) is 4.48. The summed E-state index contributed by atoms with van der Waals surface area (Å²) >= 11 is 0. The Hall–Kier alpha value is -3.63. The topological polar surface area (TPSA) is 90.4 Å². The van der Waals surface area contributed by atoms with Crippen LogP contribution >= 0.6 is 0 Å². The number of aryl methyl sites for hydroxylation is 4. The number of nitrogens with zero attached hydrogens (tertiary/aromatic N) is 5. The molecule has 1 atom stereocenters. The van der Waals surface area contributed by atoms with E-state index in [-0.39, 0.29) is 17.5 Å². The van der Waals surface area contributed by atoms with Gasteiger partial charge < -0.3 is 14.6 Å². The van der Waals surface area contributed by atoms with Crippen molar-refractivity contribution in [2.45, 2.75) is 46.3 Å². The van der Waals surface area contributed by atoms with Crippen molar-refractivity contribution in [3.05, 3.63) is 52.9 Å². The van der Waals surface area contributed by atoms with Gasteiger partial charge in [-0.05, 0) is 51.0 Å². The fraction of sp³-hybridized carbons (Fsp3) is 0.364. The van der Waals surface area contributed by atoms with Crippen molar-refractivity contribution in [3.63, 3.8) is 0 Å². The van der Waals surface area contributed by atoms with Crippen molar-refractivity contribution in [2.75, 3.05) is 12.4 Å². The maximum absolute atomic E-state index is 13.9. The van der Waals surface area contributed by atoms with Crippen molar-refractivity contribution in [1.29, 1.82) is 0 Å². The van der Waals surface area contributed by atoms with Crippen LogP contribution < -0.4 is 10.1 Å². The van der Waals surface area contributed by atoms with Gasteiger partial charge in [-0.25, -0.2) is 4.98 Å². The highest BCUT2D eigenvalue weighted by atomic mass is 19.4. The van der Waals surface area contributed by atoms with Gasteiger partial charge in [-0.3, -0.25) is 0 Å². The zero-order valence-corrected chi connectivity index (χ0v) is 18.8. The molecule has 4 rings (SSSR count). The molecule has 0 aliphatic heterocycles. The van der Waals surface area contributed by atoms with Crippen LogP contribution in [0.25, 0.3) is 16.8 Å². The molecule has 0 aliphatic rings. The highest BCUT2D eigenvalue weighted by Gasteiger charge is 2.41. The quantitative estimate of drug-likeness (QED) is 0.449. The summed E-state index contributed by atoms with van der Waals surface area (Å²) in [4.78, 5) is 8.49. The van der Waals surface area contributed by atoms with Crippen LogP contribution in [0.5, 0.6) is 5.75 Å². The summed E-state index contributed by atoms with van der Waals surface area (Å²) in [5, 5.41) is 10.6. The van der Waals surface area contributed by atoms with E-state index in [1.807, 2.05) is 25.1 Å². The summed E-state index contributed by atoms with van der Waals surface area (Å²) in [7, 11) is 1.59. The predicted octanol–water partition coefficient (Wildman–Crippen LogP) is 4.61. The molecule has 8 nitrogen and oxygen atoms in total. The molecule has 0 fully saturated rings. The van der Waals surface area contributed by atoms with Gasteiger partial charge in [-0.15, -0.1) is 0 Å². The van der Waals surface area contributed by atoms with Gasteiger partial charge in [0, 0.05) is 17.3 Å². The van der Waals surface area contributed by atoms with Crippen molar-refractivity contribution in [3.8, 4) is 16.9 Å². The van der Waals surface area contributed by atoms with Crippen molar-refractivity contribution >= 4 is 11.5 Å². The summed E-state index contributed by atoms with van der Waals surface area (Å²) in [5.41, 5.74) is 4.20. The lowest BCUT2D eigenvalue weighted by atomic mass is 10.0. The van der Waals surface area contributed by atoms with E-state index in [1.165, 1.54) is 10.6 Å². The SMILES string of the molecule is COc1ccc(-c2c(C)nn3c(N[C@@H](Cc4nc(C)no4)C(F)(F)F)cc(C)nc23)c(C)c1. The molecular formula is C22H23F3N6O2. The van der Waals surface area contributed by atoms with E-state index in [0.29, 0.717) is 22.8 Å². The van der Waals surface area contributed by atoms with E-state index >= 15 is 0 Å². The lowest BCUT2D eigenvalue weighted by Gasteiger charge is -2.21. The van der Waals surface area contributed by atoms with Crippen molar-refractivity contribution in [1.82, 2.24) is 24.7 Å². The Morgan fingerprint density at radius 2 is 1.88 bits per heavy atom. The van der Waals surface area contributed by atoms with Crippen LogP contribution in [0, 0.1) is 27.7 Å². The minimum atomic E-state index is -4.57. The summed E-state index contributed by atoms with van der Waals surface area (Å²) < 4.78 is 53.2. The molecule has 0 saturated heterocycles. The first-order chi connectivity index (χ1) is 15.6. The zero-order valence-electron chi connectivity index (χ0n) is 18.8. The molecule has 11 heteroatoms. The third-order valence-corrected chi connectivity index (χ3v) is 5.26. The van der Waals surface area contributed by atoms with E-state index in [0.717, 1.165) is 16.7 Å². The molecule has 0 bridgehead atoms. The number of anilines is 1. The molecule has 0 unspecified atom stereocenters. The smallest absolute Gasteiger partial charge is 0.409 e. The molecule has 0 spiro atoms. The average Bonchev–Trinajstić information content (AvgIpc) is 3.29. The van der Waals surface area contributed by atoms with Gasteiger partial charge >= 0.3 is 6.18 Å². The molecule has 0 saturated carbocycles. The maximum atomic E-state index is 13.9. The molecule has 1 aromatic carbocycles. The summed E-state index contributed by atoms with van der Waals surface area (Å²) in [5.74, 6) is 1.04. The Morgan fingerprint density at radius 3 is 2.48 bits per heavy atom. The molecular weight excluding hydrogens is 437 g/mol. The lowest BCUT2D eigenvalue weighted by Crippen LogP contribution is -2.39. The van der Waals surface area contributed by atoms with Crippen molar-refractivity contribution in [2.24, 2.45) is 0 Å². The van der Waals surface area contributed by atoms with E-state index < -0.39 is 18.6 Å². The Balaban J connectivity index is 1.79. The molecule has 3 heterocycles. The van der Waals surface area contributed by atoms with Gasteiger partial charge in [0.2, 0.25) is 5.89 Å². The molecule has 0 aliphatic carbocycles. The fourth-order valence-corrected chi connectivity index (χ4v) is 3.73. The maximum Gasteiger partial charge on any atom is 0.409 e. The van der Waals surface area contributed by atoms with E-state index in [9.17, 15) is 13.2 Å². The number of nitrogens with one attached hydrogen (secondary N) is 1. The Labute approximate surface area is 187 Å². The standard InChI is InChI=1S/C22H23F3N6O2/c1-11-8-15(32-5)6-7-16(11)20-13(3)29-31-18(9-12(2)26-21(20)31)28-17(22(23,24)25)10-19-27-14(4)30-33-19/h6-9,17,28H,10H2,1-5H3/t17-/m0/s1. The number of hydrogen-bond donors (Lipinski definition) is 1. The van der Waals surface area contributed by atoms with Crippen LogP contribution in [0.3, 0.4) is 0 Å². The first kappa shape index (κ1) is 22.6. The predicted molar refractivity (Wildman–Crippen MR) is 115 cm³/mol. The largest absolute Gasteiger partial charge is 0.497 e. The summed E-state index contributed by atoms with van der Waals surface area (Å²) in [6, 6.07) is 5.18. The second-order valence-electron chi connectivity index (χ2n) is 7.84. The Kier molecular flexibility index (Phi) is 5.73. The molecule has 4 aromatic rings.